The predicted octanol–water partition coefficient (Wildman–Crippen LogP) is 2.09. The molecule has 0 unspecified atom stereocenters. The van der Waals surface area contributed by atoms with Gasteiger partial charge in [0, 0.05) is 13.0 Å². The number of hydrogen-bond donors (Lipinski definition) is 1. The zero-order valence-corrected chi connectivity index (χ0v) is 11.0. The first kappa shape index (κ1) is 14.3. The minimum absolute atomic E-state index is 0.221. The normalized spacial score (nSPS) is 10.4. The van der Waals surface area contributed by atoms with Crippen molar-refractivity contribution in [1.82, 2.24) is 4.90 Å². The Morgan fingerprint density at radius 2 is 2.06 bits per heavy atom. The summed E-state index contributed by atoms with van der Waals surface area (Å²) < 4.78 is 5.45. The van der Waals surface area contributed by atoms with Crippen molar-refractivity contribution >= 4 is 11.9 Å². The van der Waals surface area contributed by atoms with Gasteiger partial charge in [-0.3, -0.25) is 9.59 Å². The van der Waals surface area contributed by atoms with E-state index in [1.54, 1.807) is 6.07 Å². The van der Waals surface area contributed by atoms with Gasteiger partial charge in [0.25, 0.3) is 5.91 Å². The number of carboxylic acids is 1. The topological polar surface area (TPSA) is 70.8 Å². The highest BCUT2D eigenvalue weighted by molar-refractivity contribution is 5.93. The van der Waals surface area contributed by atoms with Gasteiger partial charge in [0.1, 0.15) is 12.3 Å². The number of nitrogens with zero attached hydrogens (tertiary/aromatic N) is 1. The van der Waals surface area contributed by atoms with E-state index in [1.165, 1.54) is 4.90 Å². The molecule has 0 fully saturated rings. The first-order chi connectivity index (χ1) is 8.49. The molecule has 0 aromatic carbocycles. The van der Waals surface area contributed by atoms with Crippen LogP contribution < -0.4 is 0 Å². The number of furan rings is 1. The summed E-state index contributed by atoms with van der Waals surface area (Å²) >= 11 is 0. The van der Waals surface area contributed by atoms with Gasteiger partial charge in [0.05, 0.1) is 0 Å². The van der Waals surface area contributed by atoms with E-state index in [-0.39, 0.29) is 18.2 Å². The van der Waals surface area contributed by atoms with Crippen molar-refractivity contribution in [1.29, 1.82) is 0 Å². The van der Waals surface area contributed by atoms with Gasteiger partial charge in [0.15, 0.2) is 5.76 Å². The summed E-state index contributed by atoms with van der Waals surface area (Å²) in [7, 11) is 0. The molecule has 1 aromatic rings. The molecule has 5 heteroatoms. The van der Waals surface area contributed by atoms with Gasteiger partial charge in [-0.1, -0.05) is 13.8 Å². The number of amides is 1. The van der Waals surface area contributed by atoms with E-state index < -0.39 is 5.97 Å². The first-order valence-electron chi connectivity index (χ1n) is 6.09. The number of carbonyl (C=O) groups excluding carboxylic acids is 1. The second-order valence-corrected chi connectivity index (χ2v) is 4.19. The molecule has 0 bridgehead atoms. The van der Waals surface area contributed by atoms with Crippen LogP contribution in [0.3, 0.4) is 0 Å². The van der Waals surface area contributed by atoms with Gasteiger partial charge >= 0.3 is 5.97 Å². The van der Waals surface area contributed by atoms with Gasteiger partial charge in [-0.05, 0) is 25.0 Å². The van der Waals surface area contributed by atoms with Crippen LogP contribution in [0.25, 0.3) is 0 Å². The molecule has 0 aliphatic rings. The van der Waals surface area contributed by atoms with E-state index >= 15 is 0 Å². The summed E-state index contributed by atoms with van der Waals surface area (Å²) in [6.45, 7) is 5.83. The van der Waals surface area contributed by atoms with E-state index in [2.05, 4.69) is 0 Å². The van der Waals surface area contributed by atoms with Crippen molar-refractivity contribution in [2.75, 3.05) is 13.1 Å². The van der Waals surface area contributed by atoms with Crippen LogP contribution in [0.5, 0.6) is 0 Å². The van der Waals surface area contributed by atoms with Crippen LogP contribution in [-0.4, -0.2) is 35.0 Å². The lowest BCUT2D eigenvalue weighted by atomic mass is 10.2. The van der Waals surface area contributed by atoms with Crippen LogP contribution in [0.2, 0.25) is 0 Å². The lowest BCUT2D eigenvalue weighted by Crippen LogP contribution is -2.36. The Hall–Kier alpha value is -1.78. The maximum Gasteiger partial charge on any atom is 0.323 e. The van der Waals surface area contributed by atoms with Crippen LogP contribution in [0.4, 0.5) is 0 Å². The van der Waals surface area contributed by atoms with Crippen LogP contribution in [0.1, 0.15) is 42.1 Å². The Kier molecular flexibility index (Phi) is 4.95. The maximum absolute atomic E-state index is 12.1. The van der Waals surface area contributed by atoms with Crippen LogP contribution in [-0.2, 0) is 11.2 Å². The number of rotatable bonds is 6. The summed E-state index contributed by atoms with van der Waals surface area (Å²) in [5.74, 6) is -0.387. The smallest absolute Gasteiger partial charge is 0.323 e. The second-order valence-electron chi connectivity index (χ2n) is 4.19. The fraction of sp³-hybridized carbons (Fsp3) is 0.538. The number of aliphatic carboxylic acids is 1. The molecule has 100 valence electrons. The molecular formula is C13H19NO4. The highest BCUT2D eigenvalue weighted by atomic mass is 16.4. The Morgan fingerprint density at radius 1 is 1.39 bits per heavy atom. The van der Waals surface area contributed by atoms with Gasteiger partial charge in [-0.25, -0.2) is 0 Å². The monoisotopic (exact) mass is 253 g/mol. The highest BCUT2D eigenvalue weighted by Crippen LogP contribution is 2.17. The molecule has 1 aromatic heterocycles. The standard InChI is InChI=1S/C13H19NO4/c1-4-6-14(8-12(15)16)13(17)11-7-9(3)10(5-2)18-11/h7H,4-6,8H2,1-3H3,(H,15,16). The highest BCUT2D eigenvalue weighted by Gasteiger charge is 2.21. The SMILES string of the molecule is CCCN(CC(=O)O)C(=O)c1cc(C)c(CC)o1. The minimum Gasteiger partial charge on any atom is -0.480 e. The van der Waals surface area contributed by atoms with Crippen LogP contribution in [0, 0.1) is 6.92 Å². The molecule has 0 atom stereocenters. The molecule has 0 aliphatic carbocycles. The Labute approximate surface area is 106 Å². The molecule has 1 heterocycles. The summed E-state index contributed by atoms with van der Waals surface area (Å²) in [6, 6.07) is 1.67. The second kappa shape index (κ2) is 6.23. The molecule has 1 amide bonds. The largest absolute Gasteiger partial charge is 0.480 e. The van der Waals surface area contributed by atoms with Crippen molar-refractivity contribution in [3.05, 3.63) is 23.2 Å². The van der Waals surface area contributed by atoms with Gasteiger partial charge in [0.2, 0.25) is 0 Å². The van der Waals surface area contributed by atoms with Crippen LogP contribution >= 0.6 is 0 Å². The van der Waals surface area contributed by atoms with E-state index in [4.69, 9.17) is 9.52 Å². The van der Waals surface area contributed by atoms with Crippen molar-refractivity contribution in [2.24, 2.45) is 0 Å². The zero-order chi connectivity index (χ0) is 13.7. The molecule has 18 heavy (non-hydrogen) atoms. The Bertz CT molecular complexity index is 436. The Morgan fingerprint density at radius 3 is 2.50 bits per heavy atom. The molecule has 0 saturated heterocycles. The minimum atomic E-state index is -1.02. The zero-order valence-electron chi connectivity index (χ0n) is 11.0. The van der Waals surface area contributed by atoms with E-state index in [0.29, 0.717) is 19.4 Å². The van der Waals surface area contributed by atoms with Crippen molar-refractivity contribution in [3.63, 3.8) is 0 Å². The predicted molar refractivity (Wildman–Crippen MR) is 66.7 cm³/mol. The molecule has 0 spiro atoms. The summed E-state index contributed by atoms with van der Waals surface area (Å²) in [5, 5.41) is 8.79. The number of aryl methyl sites for hydroxylation is 2. The summed E-state index contributed by atoms with van der Waals surface area (Å²) in [6.07, 6.45) is 1.42. The van der Waals surface area contributed by atoms with Crippen LogP contribution in [0.15, 0.2) is 10.5 Å². The van der Waals surface area contributed by atoms with Gasteiger partial charge < -0.3 is 14.4 Å². The molecule has 0 saturated carbocycles. The lowest BCUT2D eigenvalue weighted by molar-refractivity contribution is -0.137. The summed E-state index contributed by atoms with van der Waals surface area (Å²) in [4.78, 5) is 24.1. The number of carboxylic acid groups (broad SMARTS) is 1. The van der Waals surface area contributed by atoms with E-state index in [1.807, 2.05) is 20.8 Å². The fourth-order valence-electron chi connectivity index (χ4n) is 1.82. The fourth-order valence-corrected chi connectivity index (χ4v) is 1.82. The molecule has 0 radical (unpaired) electrons. The number of carbonyl (C=O) groups is 2. The van der Waals surface area contributed by atoms with Crippen molar-refractivity contribution in [2.45, 2.75) is 33.6 Å². The first-order valence-corrected chi connectivity index (χ1v) is 6.09. The molecule has 5 nitrogen and oxygen atoms in total. The van der Waals surface area contributed by atoms with Gasteiger partial charge in [-0.2, -0.15) is 0 Å². The molecular weight excluding hydrogens is 234 g/mol. The van der Waals surface area contributed by atoms with Crippen molar-refractivity contribution in [3.8, 4) is 0 Å². The molecule has 0 aliphatic heterocycles. The number of hydrogen-bond acceptors (Lipinski definition) is 3. The summed E-state index contributed by atoms with van der Waals surface area (Å²) in [5.41, 5.74) is 0.924. The maximum atomic E-state index is 12.1. The third kappa shape index (κ3) is 3.35. The van der Waals surface area contributed by atoms with E-state index in [0.717, 1.165) is 11.3 Å². The molecule has 1 N–H and O–H groups in total. The quantitative estimate of drug-likeness (QED) is 0.842. The average molecular weight is 253 g/mol. The van der Waals surface area contributed by atoms with Crippen molar-refractivity contribution < 1.29 is 19.1 Å². The molecule has 1 rings (SSSR count). The lowest BCUT2D eigenvalue weighted by Gasteiger charge is -2.18. The average Bonchev–Trinajstić information content (AvgIpc) is 2.68. The van der Waals surface area contributed by atoms with Gasteiger partial charge in [-0.15, -0.1) is 0 Å². The third-order valence-corrected chi connectivity index (χ3v) is 2.66. The third-order valence-electron chi connectivity index (χ3n) is 2.66. The Balaban J connectivity index is 2.90. The van der Waals surface area contributed by atoms with E-state index in [9.17, 15) is 9.59 Å².